The number of carbonyl (C=O) groups excluding carboxylic acids is 3. The van der Waals surface area contributed by atoms with Crippen molar-refractivity contribution in [2.45, 2.75) is 40.4 Å². The Kier molecular flexibility index (Phi) is 21.3. The van der Waals surface area contributed by atoms with Crippen molar-refractivity contribution in [1.82, 2.24) is 29.7 Å². The van der Waals surface area contributed by atoms with Crippen LogP contribution in [0, 0.1) is 0 Å². The fraction of sp³-hybridized carbons (Fsp3) is 0.400. The van der Waals surface area contributed by atoms with E-state index in [1.54, 1.807) is 139 Å². The molecule has 0 bridgehead atoms. The van der Waals surface area contributed by atoms with E-state index in [0.29, 0.717) is 161 Å². The fourth-order valence-electron chi connectivity index (χ4n) is 9.58. The van der Waals surface area contributed by atoms with E-state index in [9.17, 15) is 14.4 Å². The van der Waals surface area contributed by atoms with Crippen LogP contribution in [0.25, 0.3) is 33.4 Å². The molecule has 1 fully saturated rings. The molecule has 1 saturated heterocycles. The van der Waals surface area contributed by atoms with E-state index in [1.165, 1.54) is 0 Å². The SMILES string of the molecule is CCOC(=O)c1cc(-c2c(OC)cc(OC)cc2OC)cc(CN2CCN(Cc3cc(-c4c(OC)cc(OC)cc4OC)cc(C(=O)OCC)n3)CCN(Cc3cc(-c4c(OC)cc(OC)cc4OC)cc(C(=O)OCC)n3)CC2)n1. The van der Waals surface area contributed by atoms with Gasteiger partial charge in [-0.05, 0) is 73.9 Å². The first kappa shape index (κ1) is 60.2. The number of hydrogen-bond acceptors (Lipinski definition) is 21. The van der Waals surface area contributed by atoms with Gasteiger partial charge in [0.1, 0.15) is 68.8 Å². The number of pyridine rings is 3. The standard InChI is InChI=1S/C60H72N6O15/c1-13-79-58(67)46-25-37(55-49(73-7)28-43(70-4)29-50(55)74-8)22-40(61-46)34-64-16-18-65(35-41-23-38(26-47(62-41)59(68)80-14-2)56-51(75-9)30-44(71-5)31-52(56)76-10)20-21-66(19-17-64)36-42-24-39(27-48(63-42)60(69)81-15-3)57-53(77-11)32-45(72-6)33-54(57)78-12/h22-33H,13-21,34-36H2,1-12H3. The van der Waals surface area contributed by atoms with E-state index in [-0.39, 0.29) is 36.9 Å². The molecule has 0 amide bonds. The average molecular weight is 1120 g/mol. The highest BCUT2D eigenvalue weighted by Gasteiger charge is 2.27. The van der Waals surface area contributed by atoms with Gasteiger partial charge in [0.2, 0.25) is 0 Å². The summed E-state index contributed by atoms with van der Waals surface area (Å²) in [6, 6.07) is 21.3. The molecule has 0 spiro atoms. The lowest BCUT2D eigenvalue weighted by Crippen LogP contribution is -2.36. The number of esters is 3. The molecule has 4 heterocycles. The Morgan fingerprint density at radius 2 is 0.568 bits per heavy atom. The van der Waals surface area contributed by atoms with Crippen molar-refractivity contribution in [3.8, 4) is 85.1 Å². The van der Waals surface area contributed by atoms with E-state index in [1.807, 2.05) is 18.2 Å². The molecule has 6 aromatic rings. The summed E-state index contributed by atoms with van der Waals surface area (Å²) in [6.45, 7) is 9.78. The quantitative estimate of drug-likeness (QED) is 0.0412. The van der Waals surface area contributed by atoms with Gasteiger partial charge in [-0.25, -0.2) is 29.3 Å². The Balaban J connectivity index is 1.33. The molecule has 0 saturated carbocycles. The van der Waals surface area contributed by atoms with Crippen molar-refractivity contribution < 1.29 is 71.2 Å². The molecular weight excluding hydrogens is 1040 g/mol. The van der Waals surface area contributed by atoms with Crippen LogP contribution in [-0.4, -0.2) is 171 Å². The lowest BCUT2D eigenvalue weighted by molar-refractivity contribution is 0.0509. The van der Waals surface area contributed by atoms with Crippen LogP contribution in [0.5, 0.6) is 51.7 Å². The van der Waals surface area contributed by atoms with Crippen LogP contribution >= 0.6 is 0 Å². The Morgan fingerprint density at radius 1 is 0.346 bits per heavy atom. The second-order valence-electron chi connectivity index (χ2n) is 18.4. The van der Waals surface area contributed by atoms with Crippen molar-refractivity contribution in [2.75, 3.05) is 123 Å². The fourth-order valence-corrected chi connectivity index (χ4v) is 9.58. The monoisotopic (exact) mass is 1120 g/mol. The zero-order valence-corrected chi connectivity index (χ0v) is 48.2. The maximum atomic E-state index is 13.6. The topological polar surface area (TPSA) is 210 Å². The van der Waals surface area contributed by atoms with Crippen LogP contribution in [0.4, 0.5) is 0 Å². The largest absolute Gasteiger partial charge is 0.496 e. The molecule has 81 heavy (non-hydrogen) atoms. The molecule has 0 N–H and O–H groups in total. The smallest absolute Gasteiger partial charge is 0.356 e. The number of nitrogens with zero attached hydrogens (tertiary/aromatic N) is 6. The van der Waals surface area contributed by atoms with Crippen LogP contribution in [0.1, 0.15) is 69.3 Å². The summed E-state index contributed by atoms with van der Waals surface area (Å²) in [4.78, 5) is 62.2. The summed E-state index contributed by atoms with van der Waals surface area (Å²) in [7, 11) is 14.0. The van der Waals surface area contributed by atoms with Crippen LogP contribution in [0.2, 0.25) is 0 Å². The number of methoxy groups -OCH3 is 9. The van der Waals surface area contributed by atoms with Crippen LogP contribution in [0.3, 0.4) is 0 Å². The molecule has 21 heteroatoms. The van der Waals surface area contributed by atoms with Gasteiger partial charge >= 0.3 is 17.9 Å². The maximum Gasteiger partial charge on any atom is 0.356 e. The van der Waals surface area contributed by atoms with Gasteiger partial charge in [0, 0.05) is 95.3 Å². The number of aromatic nitrogens is 3. The summed E-state index contributed by atoms with van der Waals surface area (Å²) < 4.78 is 68.4. The molecule has 0 aliphatic carbocycles. The van der Waals surface area contributed by atoms with Crippen LogP contribution in [0.15, 0.2) is 72.8 Å². The predicted molar refractivity (Wildman–Crippen MR) is 302 cm³/mol. The summed E-state index contributed by atoms with van der Waals surface area (Å²) in [6.07, 6.45) is 0. The summed E-state index contributed by atoms with van der Waals surface area (Å²) in [5, 5.41) is 0. The van der Waals surface area contributed by atoms with Gasteiger partial charge in [-0.2, -0.15) is 0 Å². The van der Waals surface area contributed by atoms with Crippen molar-refractivity contribution in [2.24, 2.45) is 0 Å². The van der Waals surface area contributed by atoms with Crippen molar-refractivity contribution in [3.05, 3.63) is 107 Å². The number of hydrogen-bond donors (Lipinski definition) is 0. The number of carbonyl (C=O) groups is 3. The highest BCUT2D eigenvalue weighted by atomic mass is 16.5. The summed E-state index contributed by atoms with van der Waals surface area (Å²) >= 11 is 0. The van der Waals surface area contributed by atoms with Crippen LogP contribution < -0.4 is 42.6 Å². The van der Waals surface area contributed by atoms with Gasteiger partial charge in [0.05, 0.1) is 118 Å². The van der Waals surface area contributed by atoms with Gasteiger partial charge < -0.3 is 56.8 Å². The Labute approximate surface area is 472 Å². The molecule has 0 unspecified atom stereocenters. The van der Waals surface area contributed by atoms with Gasteiger partial charge in [-0.15, -0.1) is 0 Å². The molecule has 0 atom stereocenters. The molecule has 3 aromatic carbocycles. The first-order valence-corrected chi connectivity index (χ1v) is 26.4. The zero-order valence-electron chi connectivity index (χ0n) is 48.2. The van der Waals surface area contributed by atoms with Gasteiger partial charge in [0.15, 0.2) is 0 Å². The first-order chi connectivity index (χ1) is 39.3. The molecule has 3 aromatic heterocycles. The number of rotatable bonds is 24. The minimum Gasteiger partial charge on any atom is -0.496 e. The minimum atomic E-state index is -0.586. The Hall–Kier alpha value is -8.40. The first-order valence-electron chi connectivity index (χ1n) is 26.4. The van der Waals surface area contributed by atoms with Gasteiger partial charge in [0.25, 0.3) is 0 Å². The number of benzene rings is 3. The third-order valence-corrected chi connectivity index (χ3v) is 13.5. The predicted octanol–water partition coefficient (Wildman–Crippen LogP) is 8.30. The molecule has 432 valence electrons. The summed E-state index contributed by atoms with van der Waals surface area (Å²) in [5.74, 6) is 2.61. The average Bonchev–Trinajstić information content (AvgIpc) is 3.71. The van der Waals surface area contributed by atoms with Gasteiger partial charge in [-0.3, -0.25) is 14.7 Å². The highest BCUT2D eigenvalue weighted by Crippen LogP contribution is 2.45. The lowest BCUT2D eigenvalue weighted by atomic mass is 10.0. The van der Waals surface area contributed by atoms with Gasteiger partial charge in [-0.1, -0.05) is 0 Å². The third-order valence-electron chi connectivity index (χ3n) is 13.5. The minimum absolute atomic E-state index is 0.110. The molecule has 1 aliphatic heterocycles. The van der Waals surface area contributed by atoms with E-state index >= 15 is 0 Å². The van der Waals surface area contributed by atoms with Crippen molar-refractivity contribution >= 4 is 17.9 Å². The van der Waals surface area contributed by atoms with Crippen molar-refractivity contribution in [1.29, 1.82) is 0 Å². The number of ether oxygens (including phenoxy) is 12. The van der Waals surface area contributed by atoms with E-state index in [4.69, 9.17) is 71.8 Å². The Bertz CT molecular complexity index is 2750. The third kappa shape index (κ3) is 14.7. The highest BCUT2D eigenvalue weighted by molar-refractivity contribution is 5.92. The maximum absolute atomic E-state index is 13.6. The second kappa shape index (κ2) is 28.7. The Morgan fingerprint density at radius 3 is 0.753 bits per heavy atom. The van der Waals surface area contributed by atoms with E-state index < -0.39 is 17.9 Å². The molecular formula is C60H72N6O15. The van der Waals surface area contributed by atoms with Crippen molar-refractivity contribution in [3.63, 3.8) is 0 Å². The second-order valence-corrected chi connectivity index (χ2v) is 18.4. The zero-order chi connectivity index (χ0) is 58.2. The summed E-state index contributed by atoms with van der Waals surface area (Å²) in [5.41, 5.74) is 5.73. The molecule has 0 radical (unpaired) electrons. The molecule has 1 aliphatic rings. The lowest BCUT2D eigenvalue weighted by Gasteiger charge is -2.26. The van der Waals surface area contributed by atoms with E-state index in [0.717, 1.165) is 0 Å². The molecule has 7 rings (SSSR count). The van der Waals surface area contributed by atoms with Crippen LogP contribution in [-0.2, 0) is 33.8 Å². The molecule has 21 nitrogen and oxygen atoms in total. The normalized spacial score (nSPS) is 13.2. The van der Waals surface area contributed by atoms with E-state index in [2.05, 4.69) is 14.7 Å².